The van der Waals surface area contributed by atoms with Gasteiger partial charge in [0.1, 0.15) is 11.6 Å². The molecule has 0 spiro atoms. The predicted octanol–water partition coefficient (Wildman–Crippen LogP) is 2.30. The van der Waals surface area contributed by atoms with Gasteiger partial charge in [0.15, 0.2) is 0 Å². The number of ether oxygens (including phenoxy) is 1. The van der Waals surface area contributed by atoms with Crippen LogP contribution in [0.25, 0.3) is 0 Å². The number of halogens is 1. The molecule has 0 atom stereocenters. The van der Waals surface area contributed by atoms with Crippen molar-refractivity contribution in [2.24, 2.45) is 0 Å². The van der Waals surface area contributed by atoms with E-state index in [1.54, 1.807) is 0 Å². The smallest absolute Gasteiger partial charge is 0.347 e. The number of hydrogen-bond donors (Lipinski definition) is 1. The lowest BCUT2D eigenvalue weighted by atomic mass is 10.2. The van der Waals surface area contributed by atoms with Crippen LogP contribution in [0.2, 0.25) is 5.02 Å². The van der Waals surface area contributed by atoms with E-state index in [9.17, 15) is 4.79 Å². The summed E-state index contributed by atoms with van der Waals surface area (Å²) in [6, 6.07) is 0. The highest BCUT2D eigenvalue weighted by Gasteiger charge is 2.06. The van der Waals surface area contributed by atoms with Gasteiger partial charge in [-0.1, -0.05) is 17.2 Å². The molecule has 5 heteroatoms. The average molecular weight is 241 g/mol. The molecule has 1 aliphatic rings. The third-order valence-corrected chi connectivity index (χ3v) is 2.85. The zero-order valence-electron chi connectivity index (χ0n) is 8.83. The summed E-state index contributed by atoms with van der Waals surface area (Å²) in [6.45, 7) is 0.439. The number of hydrogen-bond acceptors (Lipinski definition) is 3. The normalized spacial score (nSPS) is 15.2. The summed E-state index contributed by atoms with van der Waals surface area (Å²) in [7, 11) is 0. The standard InChI is InChI=1S/C11H13ClN2O2/c12-9-7-13-11(15)14-10(9)16-6-5-8-3-1-2-4-8/h5,7H,1-4,6H2,(H,13,14,15). The molecule has 1 aliphatic carbocycles. The topological polar surface area (TPSA) is 55.0 Å². The molecule has 0 unspecified atom stereocenters. The van der Waals surface area contributed by atoms with Gasteiger partial charge in [-0.05, 0) is 31.8 Å². The maximum atomic E-state index is 10.9. The molecule has 1 heterocycles. The Morgan fingerprint density at radius 3 is 3.00 bits per heavy atom. The Kier molecular flexibility index (Phi) is 3.62. The Hall–Kier alpha value is -1.29. The SMILES string of the molecule is O=c1ncc(Cl)c(OCC=C2CCCC2)[nH]1. The second-order valence-electron chi connectivity index (χ2n) is 3.75. The zero-order valence-corrected chi connectivity index (χ0v) is 9.59. The van der Waals surface area contributed by atoms with Crippen molar-refractivity contribution in [1.82, 2.24) is 9.97 Å². The van der Waals surface area contributed by atoms with Crippen LogP contribution in [0.5, 0.6) is 5.88 Å². The molecule has 0 saturated heterocycles. The van der Waals surface area contributed by atoms with E-state index in [4.69, 9.17) is 16.3 Å². The van der Waals surface area contributed by atoms with E-state index in [-0.39, 0.29) is 5.88 Å². The number of nitrogens with one attached hydrogen (secondary N) is 1. The minimum Gasteiger partial charge on any atom is -0.474 e. The van der Waals surface area contributed by atoms with Crippen molar-refractivity contribution >= 4 is 11.6 Å². The molecule has 0 aliphatic heterocycles. The fourth-order valence-electron chi connectivity index (χ4n) is 1.74. The monoisotopic (exact) mass is 240 g/mol. The highest BCUT2D eigenvalue weighted by molar-refractivity contribution is 6.31. The Balaban J connectivity index is 1.96. The van der Waals surface area contributed by atoms with Crippen LogP contribution in [-0.4, -0.2) is 16.6 Å². The third-order valence-electron chi connectivity index (χ3n) is 2.58. The van der Waals surface area contributed by atoms with Crippen molar-refractivity contribution in [2.75, 3.05) is 6.61 Å². The van der Waals surface area contributed by atoms with E-state index in [2.05, 4.69) is 16.0 Å². The van der Waals surface area contributed by atoms with Crippen molar-refractivity contribution in [1.29, 1.82) is 0 Å². The summed E-state index contributed by atoms with van der Waals surface area (Å²) in [5.41, 5.74) is 0.973. The number of aromatic nitrogens is 2. The Morgan fingerprint density at radius 2 is 2.25 bits per heavy atom. The Morgan fingerprint density at radius 1 is 1.50 bits per heavy atom. The van der Waals surface area contributed by atoms with Crippen LogP contribution in [-0.2, 0) is 0 Å². The lowest BCUT2D eigenvalue weighted by molar-refractivity contribution is 0.345. The maximum absolute atomic E-state index is 10.9. The lowest BCUT2D eigenvalue weighted by Crippen LogP contribution is -2.11. The fraction of sp³-hybridized carbons (Fsp3) is 0.455. The van der Waals surface area contributed by atoms with Gasteiger partial charge in [0, 0.05) is 0 Å². The molecule has 0 radical (unpaired) electrons. The zero-order chi connectivity index (χ0) is 11.4. The Labute approximate surface area is 98.3 Å². The highest BCUT2D eigenvalue weighted by Crippen LogP contribution is 2.23. The van der Waals surface area contributed by atoms with Crippen LogP contribution in [0.1, 0.15) is 25.7 Å². The summed E-state index contributed by atoms with van der Waals surface area (Å²) in [5, 5.41) is 0.324. The van der Waals surface area contributed by atoms with E-state index in [0.717, 1.165) is 12.8 Å². The molecule has 0 bridgehead atoms. The summed E-state index contributed by atoms with van der Waals surface area (Å²) < 4.78 is 5.38. The minimum absolute atomic E-state index is 0.288. The van der Waals surface area contributed by atoms with Gasteiger partial charge in [-0.25, -0.2) is 4.79 Å². The molecule has 1 saturated carbocycles. The van der Waals surface area contributed by atoms with Crippen molar-refractivity contribution in [3.05, 3.63) is 33.4 Å². The van der Waals surface area contributed by atoms with Gasteiger partial charge in [0.2, 0.25) is 5.88 Å². The first-order valence-electron chi connectivity index (χ1n) is 5.31. The van der Waals surface area contributed by atoms with Crippen LogP contribution < -0.4 is 10.4 Å². The first-order valence-corrected chi connectivity index (χ1v) is 5.69. The van der Waals surface area contributed by atoms with Gasteiger partial charge in [-0.3, -0.25) is 4.98 Å². The van der Waals surface area contributed by atoms with E-state index < -0.39 is 5.69 Å². The van der Waals surface area contributed by atoms with Crippen LogP contribution in [0.3, 0.4) is 0 Å². The number of nitrogens with zero attached hydrogens (tertiary/aromatic N) is 1. The van der Waals surface area contributed by atoms with Gasteiger partial charge >= 0.3 is 5.69 Å². The molecular formula is C11H13ClN2O2. The van der Waals surface area contributed by atoms with Gasteiger partial charge in [-0.2, -0.15) is 4.98 Å². The van der Waals surface area contributed by atoms with Crippen LogP contribution in [0.4, 0.5) is 0 Å². The van der Waals surface area contributed by atoms with Gasteiger partial charge in [0.25, 0.3) is 0 Å². The van der Waals surface area contributed by atoms with Crippen LogP contribution >= 0.6 is 11.6 Å². The predicted molar refractivity (Wildman–Crippen MR) is 61.9 cm³/mol. The second-order valence-corrected chi connectivity index (χ2v) is 4.15. The molecule has 16 heavy (non-hydrogen) atoms. The quantitative estimate of drug-likeness (QED) is 0.825. The van der Waals surface area contributed by atoms with Gasteiger partial charge in [0.05, 0.1) is 6.20 Å². The summed E-state index contributed by atoms with van der Waals surface area (Å²) in [6.07, 6.45) is 8.19. The summed E-state index contributed by atoms with van der Waals surface area (Å²) in [5.74, 6) is 0.288. The third kappa shape index (κ3) is 2.85. The van der Waals surface area contributed by atoms with Gasteiger partial charge in [-0.15, -0.1) is 0 Å². The molecule has 1 fully saturated rings. The molecule has 4 nitrogen and oxygen atoms in total. The first-order chi connectivity index (χ1) is 7.75. The highest BCUT2D eigenvalue weighted by atomic mass is 35.5. The van der Waals surface area contributed by atoms with E-state index in [1.807, 2.05) is 0 Å². The minimum atomic E-state index is -0.451. The van der Waals surface area contributed by atoms with Crippen molar-refractivity contribution in [2.45, 2.75) is 25.7 Å². The van der Waals surface area contributed by atoms with E-state index >= 15 is 0 Å². The molecule has 1 aromatic rings. The van der Waals surface area contributed by atoms with Crippen molar-refractivity contribution in [3.63, 3.8) is 0 Å². The average Bonchev–Trinajstić information content (AvgIpc) is 2.76. The molecule has 2 rings (SSSR count). The van der Waals surface area contributed by atoms with Gasteiger partial charge < -0.3 is 4.74 Å². The fourth-order valence-corrected chi connectivity index (χ4v) is 1.89. The largest absolute Gasteiger partial charge is 0.474 e. The van der Waals surface area contributed by atoms with Crippen LogP contribution in [0, 0.1) is 0 Å². The molecule has 1 N–H and O–H groups in total. The summed E-state index contributed by atoms with van der Waals surface area (Å²) in [4.78, 5) is 16.9. The van der Waals surface area contributed by atoms with Crippen molar-refractivity contribution < 1.29 is 4.74 Å². The number of H-pyrrole nitrogens is 1. The molecule has 1 aromatic heterocycles. The first kappa shape index (κ1) is 11.2. The second kappa shape index (κ2) is 5.16. The number of rotatable bonds is 3. The lowest BCUT2D eigenvalue weighted by Gasteiger charge is -2.04. The molecule has 0 amide bonds. The Bertz CT molecular complexity index is 446. The maximum Gasteiger partial charge on any atom is 0.347 e. The summed E-state index contributed by atoms with van der Waals surface area (Å²) >= 11 is 5.81. The van der Waals surface area contributed by atoms with Crippen LogP contribution in [0.15, 0.2) is 22.6 Å². The number of allylic oxidation sites excluding steroid dienone is 1. The van der Waals surface area contributed by atoms with E-state index in [0.29, 0.717) is 11.6 Å². The molecule has 0 aromatic carbocycles. The molecule has 86 valence electrons. The van der Waals surface area contributed by atoms with E-state index in [1.165, 1.54) is 24.6 Å². The van der Waals surface area contributed by atoms with Crippen molar-refractivity contribution in [3.8, 4) is 5.88 Å². The number of aromatic amines is 1. The molecular weight excluding hydrogens is 228 g/mol.